The first-order valence-corrected chi connectivity index (χ1v) is 7.77. The molecule has 2 nitrogen and oxygen atoms in total. The van der Waals surface area contributed by atoms with Gasteiger partial charge in [0.1, 0.15) is 17.3 Å². The zero-order chi connectivity index (χ0) is 15.4. The van der Waals surface area contributed by atoms with Crippen LogP contribution in [0.4, 0.5) is 4.39 Å². The van der Waals surface area contributed by atoms with E-state index in [1.807, 2.05) is 25.1 Å². The molecule has 0 aliphatic heterocycles. The predicted molar refractivity (Wildman–Crippen MR) is 87.3 cm³/mol. The summed E-state index contributed by atoms with van der Waals surface area (Å²) in [7, 11) is 0. The first-order chi connectivity index (χ1) is 9.99. The Morgan fingerprint density at radius 2 is 1.90 bits per heavy atom. The molecule has 4 heteroatoms. The average Bonchev–Trinajstić information content (AvgIpc) is 2.44. The number of benzene rings is 2. The maximum atomic E-state index is 13.1. The summed E-state index contributed by atoms with van der Waals surface area (Å²) in [6.45, 7) is 3.90. The molecule has 21 heavy (non-hydrogen) atoms. The van der Waals surface area contributed by atoms with Gasteiger partial charge in [-0.15, -0.1) is 0 Å². The van der Waals surface area contributed by atoms with E-state index < -0.39 is 0 Å². The molecule has 0 radical (unpaired) electrons. The Morgan fingerprint density at radius 1 is 1.19 bits per heavy atom. The molecule has 0 heterocycles. The van der Waals surface area contributed by atoms with Gasteiger partial charge >= 0.3 is 0 Å². The highest BCUT2D eigenvalue weighted by Gasteiger charge is 2.08. The van der Waals surface area contributed by atoms with Crippen molar-refractivity contribution in [1.29, 1.82) is 0 Å². The number of ether oxygens (including phenoxy) is 1. The van der Waals surface area contributed by atoms with Crippen molar-refractivity contribution in [3.63, 3.8) is 0 Å². The number of nitrogens with two attached hydrogens (primary N) is 1. The van der Waals surface area contributed by atoms with E-state index in [9.17, 15) is 4.39 Å². The molecule has 112 valence electrons. The molecular weight excluding hydrogens is 333 g/mol. The maximum absolute atomic E-state index is 13.1. The second kappa shape index (κ2) is 7.05. The van der Waals surface area contributed by atoms with Crippen molar-refractivity contribution in [2.24, 2.45) is 5.73 Å². The van der Waals surface area contributed by atoms with Gasteiger partial charge in [-0.3, -0.25) is 0 Å². The maximum Gasteiger partial charge on any atom is 0.141 e. The van der Waals surface area contributed by atoms with Gasteiger partial charge in [0.2, 0.25) is 0 Å². The van der Waals surface area contributed by atoms with E-state index >= 15 is 0 Å². The van der Waals surface area contributed by atoms with Crippen LogP contribution in [0.3, 0.4) is 0 Å². The largest absolute Gasteiger partial charge is 0.456 e. The molecule has 0 aliphatic carbocycles. The second-order valence-electron chi connectivity index (χ2n) is 5.15. The number of hydrogen-bond donors (Lipinski definition) is 1. The first kappa shape index (κ1) is 16.0. The summed E-state index contributed by atoms with van der Waals surface area (Å²) in [4.78, 5) is 0. The second-order valence-corrected chi connectivity index (χ2v) is 6.00. The van der Waals surface area contributed by atoms with Gasteiger partial charge < -0.3 is 10.5 Å². The summed E-state index contributed by atoms with van der Waals surface area (Å²) in [6.07, 6.45) is 1.79. The lowest BCUT2D eigenvalue weighted by Crippen LogP contribution is -2.21. The fourth-order valence-electron chi connectivity index (χ4n) is 2.05. The van der Waals surface area contributed by atoms with Gasteiger partial charge in [0, 0.05) is 6.04 Å². The van der Waals surface area contributed by atoms with Crippen molar-refractivity contribution in [3.8, 4) is 11.5 Å². The Bertz CT molecular complexity index is 630. The SMILES string of the molecule is CCC(N)Cc1ccc(Oc2ccc(F)cc2C)c(Br)c1. The Labute approximate surface area is 133 Å². The highest BCUT2D eigenvalue weighted by Crippen LogP contribution is 2.32. The van der Waals surface area contributed by atoms with Crippen molar-refractivity contribution < 1.29 is 9.13 Å². The Kier molecular flexibility index (Phi) is 5.37. The van der Waals surface area contributed by atoms with Crippen molar-refractivity contribution in [3.05, 3.63) is 57.8 Å². The van der Waals surface area contributed by atoms with Crippen LogP contribution in [0.2, 0.25) is 0 Å². The van der Waals surface area contributed by atoms with Crippen molar-refractivity contribution in [2.45, 2.75) is 32.7 Å². The Hall–Kier alpha value is -1.39. The van der Waals surface area contributed by atoms with Gasteiger partial charge in [0.25, 0.3) is 0 Å². The van der Waals surface area contributed by atoms with Crippen LogP contribution in [0.15, 0.2) is 40.9 Å². The standard InChI is InChI=1S/C17H19BrFNO/c1-3-14(20)9-12-4-6-17(15(18)10-12)21-16-7-5-13(19)8-11(16)2/h4-8,10,14H,3,9,20H2,1-2H3. The Morgan fingerprint density at radius 3 is 2.52 bits per heavy atom. The van der Waals surface area contributed by atoms with E-state index in [1.54, 1.807) is 6.07 Å². The number of aryl methyl sites for hydroxylation is 1. The third-order valence-electron chi connectivity index (χ3n) is 3.38. The van der Waals surface area contributed by atoms with Gasteiger partial charge in [-0.25, -0.2) is 4.39 Å². The van der Waals surface area contributed by atoms with Crippen LogP contribution >= 0.6 is 15.9 Å². The van der Waals surface area contributed by atoms with Crippen LogP contribution in [-0.4, -0.2) is 6.04 Å². The lowest BCUT2D eigenvalue weighted by molar-refractivity contribution is 0.473. The third-order valence-corrected chi connectivity index (χ3v) is 4.00. The van der Waals surface area contributed by atoms with Crippen molar-refractivity contribution >= 4 is 15.9 Å². The molecule has 0 amide bonds. The first-order valence-electron chi connectivity index (χ1n) is 6.97. The minimum atomic E-state index is -0.261. The fourth-order valence-corrected chi connectivity index (χ4v) is 2.55. The summed E-state index contributed by atoms with van der Waals surface area (Å²) >= 11 is 3.52. The molecule has 1 atom stereocenters. The fraction of sp³-hybridized carbons (Fsp3) is 0.294. The van der Waals surface area contributed by atoms with E-state index in [-0.39, 0.29) is 11.9 Å². The van der Waals surface area contributed by atoms with Crippen LogP contribution in [0, 0.1) is 12.7 Å². The lowest BCUT2D eigenvalue weighted by atomic mass is 10.0. The van der Waals surface area contributed by atoms with Crippen LogP contribution in [-0.2, 0) is 6.42 Å². The van der Waals surface area contributed by atoms with E-state index in [1.165, 1.54) is 17.7 Å². The molecule has 0 saturated heterocycles. The molecule has 0 spiro atoms. The molecule has 0 aliphatic rings. The molecule has 2 N–H and O–H groups in total. The molecule has 1 unspecified atom stereocenters. The number of hydrogen-bond acceptors (Lipinski definition) is 2. The minimum Gasteiger partial charge on any atom is -0.456 e. The van der Waals surface area contributed by atoms with Gasteiger partial charge in [0.05, 0.1) is 4.47 Å². The van der Waals surface area contributed by atoms with Crippen LogP contribution in [0.1, 0.15) is 24.5 Å². The smallest absolute Gasteiger partial charge is 0.141 e. The van der Waals surface area contributed by atoms with Crippen LogP contribution in [0.5, 0.6) is 11.5 Å². The molecule has 0 fully saturated rings. The van der Waals surface area contributed by atoms with Gasteiger partial charge in [-0.2, -0.15) is 0 Å². The zero-order valence-corrected chi connectivity index (χ0v) is 13.8. The number of halogens is 2. The molecule has 0 saturated carbocycles. The highest BCUT2D eigenvalue weighted by atomic mass is 79.9. The predicted octanol–water partition coefficient (Wildman–Crippen LogP) is 4.97. The number of rotatable bonds is 5. The quantitative estimate of drug-likeness (QED) is 0.825. The van der Waals surface area contributed by atoms with Crippen molar-refractivity contribution in [1.82, 2.24) is 0 Å². The summed E-state index contributed by atoms with van der Waals surface area (Å²) in [5.41, 5.74) is 7.90. The van der Waals surface area contributed by atoms with Gasteiger partial charge in [-0.05, 0) is 77.2 Å². The molecule has 2 rings (SSSR count). The average molecular weight is 352 g/mol. The highest BCUT2D eigenvalue weighted by molar-refractivity contribution is 9.10. The molecule has 0 aromatic heterocycles. The molecule has 2 aromatic rings. The monoisotopic (exact) mass is 351 g/mol. The van der Waals surface area contributed by atoms with Crippen LogP contribution in [0.25, 0.3) is 0 Å². The van der Waals surface area contributed by atoms with Gasteiger partial charge in [0.15, 0.2) is 0 Å². The Balaban J connectivity index is 2.17. The normalized spacial score (nSPS) is 12.2. The lowest BCUT2D eigenvalue weighted by Gasteiger charge is -2.13. The molecule has 2 aromatic carbocycles. The summed E-state index contributed by atoms with van der Waals surface area (Å²) in [5, 5.41) is 0. The molecule has 0 bridgehead atoms. The van der Waals surface area contributed by atoms with Crippen molar-refractivity contribution in [2.75, 3.05) is 0 Å². The van der Waals surface area contributed by atoms with Crippen LogP contribution < -0.4 is 10.5 Å². The van der Waals surface area contributed by atoms with E-state index in [2.05, 4.69) is 22.9 Å². The molecular formula is C17H19BrFNO. The van der Waals surface area contributed by atoms with E-state index in [0.29, 0.717) is 11.5 Å². The summed E-state index contributed by atoms with van der Waals surface area (Å²) < 4.78 is 19.8. The zero-order valence-electron chi connectivity index (χ0n) is 12.2. The van der Waals surface area contributed by atoms with E-state index in [0.717, 1.165) is 22.9 Å². The summed E-state index contributed by atoms with van der Waals surface area (Å²) in [5.74, 6) is 1.09. The topological polar surface area (TPSA) is 35.2 Å². The third kappa shape index (κ3) is 4.29. The van der Waals surface area contributed by atoms with E-state index in [4.69, 9.17) is 10.5 Å². The van der Waals surface area contributed by atoms with Gasteiger partial charge in [-0.1, -0.05) is 13.0 Å². The summed E-state index contributed by atoms with van der Waals surface area (Å²) in [6, 6.07) is 10.6. The minimum absolute atomic E-state index is 0.169.